The largest absolute Gasteiger partial charge is 0.371 e. The van der Waals surface area contributed by atoms with Crippen LogP contribution in [0.1, 0.15) is 36.9 Å². The first-order valence-electron chi connectivity index (χ1n) is 9.03. The van der Waals surface area contributed by atoms with Crippen molar-refractivity contribution in [1.29, 1.82) is 0 Å². The van der Waals surface area contributed by atoms with E-state index in [1.165, 1.54) is 11.1 Å². The number of hydrogen-bond donors (Lipinski definition) is 2. The molecule has 140 valence electrons. The zero-order valence-corrected chi connectivity index (χ0v) is 16.2. The number of nitrogens with one attached hydrogen (secondary N) is 1. The molecule has 1 aliphatic rings. The van der Waals surface area contributed by atoms with E-state index in [9.17, 15) is 8.42 Å². The number of aryl methyl sites for hydroxylation is 1. The second-order valence-corrected chi connectivity index (χ2v) is 8.66. The molecule has 1 fully saturated rings. The van der Waals surface area contributed by atoms with Gasteiger partial charge in [-0.3, -0.25) is 0 Å². The first-order valence-corrected chi connectivity index (χ1v) is 10.6. The summed E-state index contributed by atoms with van der Waals surface area (Å²) in [5.74, 6) is 0. The molecule has 3 N–H and O–H groups in total. The number of hydrogen-bond acceptors (Lipinski definition) is 4. The molecular formula is C20H27N3O2S. The fourth-order valence-electron chi connectivity index (χ4n) is 3.54. The molecule has 1 atom stereocenters. The highest BCUT2D eigenvalue weighted by molar-refractivity contribution is 7.89. The summed E-state index contributed by atoms with van der Waals surface area (Å²) < 4.78 is 22.7. The molecule has 2 aromatic carbocycles. The minimum absolute atomic E-state index is 0.157. The van der Waals surface area contributed by atoms with Gasteiger partial charge < -0.3 is 10.2 Å². The highest BCUT2D eigenvalue weighted by atomic mass is 32.2. The summed E-state index contributed by atoms with van der Waals surface area (Å²) in [6, 6.07) is 16.3. The van der Waals surface area contributed by atoms with Gasteiger partial charge in [0.25, 0.3) is 0 Å². The van der Waals surface area contributed by atoms with E-state index in [1.54, 1.807) is 12.1 Å². The van der Waals surface area contributed by atoms with Crippen LogP contribution >= 0.6 is 0 Å². The number of primary sulfonamides is 1. The van der Waals surface area contributed by atoms with Crippen molar-refractivity contribution in [3.8, 4) is 0 Å². The van der Waals surface area contributed by atoms with Gasteiger partial charge in [0, 0.05) is 30.9 Å². The lowest BCUT2D eigenvalue weighted by atomic mass is 10.0. The predicted octanol–water partition coefficient (Wildman–Crippen LogP) is 2.96. The highest BCUT2D eigenvalue weighted by Gasteiger charge is 2.21. The Balaban J connectivity index is 1.55. The summed E-state index contributed by atoms with van der Waals surface area (Å²) in [5, 5.41) is 8.90. The second-order valence-electron chi connectivity index (χ2n) is 7.10. The maximum atomic E-state index is 11.4. The first kappa shape index (κ1) is 18.9. The van der Waals surface area contributed by atoms with Gasteiger partial charge >= 0.3 is 0 Å². The molecule has 2 aromatic rings. The van der Waals surface area contributed by atoms with Crippen LogP contribution < -0.4 is 15.4 Å². The van der Waals surface area contributed by atoms with Crippen molar-refractivity contribution in [3.05, 3.63) is 59.7 Å². The van der Waals surface area contributed by atoms with Crippen LogP contribution in [0.3, 0.4) is 0 Å². The molecule has 1 unspecified atom stereocenters. The molecular weight excluding hydrogens is 346 g/mol. The van der Waals surface area contributed by atoms with E-state index >= 15 is 0 Å². The topological polar surface area (TPSA) is 75.4 Å². The maximum Gasteiger partial charge on any atom is 0.238 e. The third-order valence-electron chi connectivity index (χ3n) is 5.05. The standard InChI is InChI=1S/C20H27N3O2S/c1-15-4-3-5-17(14-15)16(2)22-18-10-12-23(13-11-18)19-6-8-20(9-7-19)26(21,24)25/h3-9,14,16,18,22H,10-13H2,1-2H3,(H2,21,24,25). The van der Waals surface area contributed by atoms with E-state index in [0.29, 0.717) is 12.1 Å². The number of benzene rings is 2. The first-order chi connectivity index (χ1) is 12.3. The fourth-order valence-corrected chi connectivity index (χ4v) is 4.06. The number of nitrogens with zero attached hydrogens (tertiary/aromatic N) is 1. The van der Waals surface area contributed by atoms with Crippen LogP contribution in [0.25, 0.3) is 0 Å². The maximum absolute atomic E-state index is 11.4. The third-order valence-corrected chi connectivity index (χ3v) is 5.98. The molecule has 0 aliphatic carbocycles. The Labute approximate surface area is 156 Å². The molecule has 0 aromatic heterocycles. The van der Waals surface area contributed by atoms with E-state index < -0.39 is 10.0 Å². The Kier molecular flexibility index (Phi) is 5.65. The third kappa shape index (κ3) is 4.63. The number of piperidine rings is 1. The molecule has 3 rings (SSSR count). The quantitative estimate of drug-likeness (QED) is 0.845. The molecule has 0 amide bonds. The van der Waals surface area contributed by atoms with Gasteiger partial charge in [-0.1, -0.05) is 29.8 Å². The van der Waals surface area contributed by atoms with Gasteiger partial charge in [-0.15, -0.1) is 0 Å². The van der Waals surface area contributed by atoms with Crippen LogP contribution in [0.2, 0.25) is 0 Å². The van der Waals surface area contributed by atoms with Crippen LogP contribution in [0, 0.1) is 6.92 Å². The van der Waals surface area contributed by atoms with Gasteiger partial charge in [-0.2, -0.15) is 0 Å². The van der Waals surface area contributed by atoms with Gasteiger partial charge in [0.05, 0.1) is 4.90 Å². The summed E-state index contributed by atoms with van der Waals surface area (Å²) in [5.41, 5.74) is 3.66. The van der Waals surface area contributed by atoms with Crippen molar-refractivity contribution in [2.75, 3.05) is 18.0 Å². The number of rotatable bonds is 5. The number of anilines is 1. The van der Waals surface area contributed by atoms with Crippen molar-refractivity contribution >= 4 is 15.7 Å². The molecule has 1 aliphatic heterocycles. The lowest BCUT2D eigenvalue weighted by molar-refractivity contribution is 0.381. The van der Waals surface area contributed by atoms with Gasteiger partial charge in [0.2, 0.25) is 10.0 Å². The van der Waals surface area contributed by atoms with E-state index in [2.05, 4.69) is 48.3 Å². The van der Waals surface area contributed by atoms with Crippen molar-refractivity contribution in [1.82, 2.24) is 5.32 Å². The number of sulfonamides is 1. The molecule has 1 heterocycles. The fraction of sp³-hybridized carbons (Fsp3) is 0.400. The summed E-state index contributed by atoms with van der Waals surface area (Å²) in [4.78, 5) is 2.45. The van der Waals surface area contributed by atoms with Gasteiger partial charge in [0.15, 0.2) is 0 Å². The molecule has 1 saturated heterocycles. The minimum atomic E-state index is -3.63. The van der Waals surface area contributed by atoms with Gasteiger partial charge in [-0.05, 0) is 56.5 Å². The number of nitrogens with two attached hydrogens (primary N) is 1. The molecule has 0 radical (unpaired) electrons. The average molecular weight is 374 g/mol. The Bertz CT molecular complexity index is 842. The summed E-state index contributed by atoms with van der Waals surface area (Å²) >= 11 is 0. The summed E-state index contributed by atoms with van der Waals surface area (Å²) in [6.07, 6.45) is 2.13. The average Bonchev–Trinajstić information content (AvgIpc) is 2.62. The van der Waals surface area contributed by atoms with Crippen LogP contribution in [-0.4, -0.2) is 27.5 Å². The Morgan fingerprint density at radius 1 is 1.12 bits per heavy atom. The van der Waals surface area contributed by atoms with E-state index in [1.807, 2.05) is 12.1 Å². The second kappa shape index (κ2) is 7.78. The van der Waals surface area contributed by atoms with E-state index in [4.69, 9.17) is 5.14 Å². The van der Waals surface area contributed by atoms with Crippen molar-refractivity contribution in [3.63, 3.8) is 0 Å². The van der Waals surface area contributed by atoms with Crippen LogP contribution in [0.4, 0.5) is 5.69 Å². The highest BCUT2D eigenvalue weighted by Crippen LogP contribution is 2.23. The monoisotopic (exact) mass is 373 g/mol. The summed E-state index contributed by atoms with van der Waals surface area (Å²) in [7, 11) is -3.63. The minimum Gasteiger partial charge on any atom is -0.371 e. The zero-order valence-electron chi connectivity index (χ0n) is 15.4. The SMILES string of the molecule is Cc1cccc(C(C)NC2CCN(c3ccc(S(N)(=O)=O)cc3)CC2)c1. The molecule has 5 nitrogen and oxygen atoms in total. The lowest BCUT2D eigenvalue weighted by Crippen LogP contribution is -2.43. The molecule has 0 spiro atoms. The van der Waals surface area contributed by atoms with Gasteiger partial charge in [0.1, 0.15) is 0 Å². The Morgan fingerprint density at radius 3 is 2.35 bits per heavy atom. The van der Waals surface area contributed by atoms with Crippen molar-refractivity contribution < 1.29 is 8.42 Å². The molecule has 6 heteroatoms. The van der Waals surface area contributed by atoms with Gasteiger partial charge in [-0.25, -0.2) is 13.6 Å². The zero-order chi connectivity index (χ0) is 18.7. The molecule has 0 saturated carbocycles. The van der Waals surface area contributed by atoms with E-state index in [-0.39, 0.29) is 4.90 Å². The Morgan fingerprint density at radius 2 is 1.77 bits per heavy atom. The molecule has 26 heavy (non-hydrogen) atoms. The molecule has 0 bridgehead atoms. The Hall–Kier alpha value is -1.89. The van der Waals surface area contributed by atoms with Crippen molar-refractivity contribution in [2.45, 2.75) is 43.7 Å². The van der Waals surface area contributed by atoms with Crippen LogP contribution in [0.5, 0.6) is 0 Å². The smallest absolute Gasteiger partial charge is 0.238 e. The normalized spacial score (nSPS) is 17.3. The van der Waals surface area contributed by atoms with E-state index in [0.717, 1.165) is 31.6 Å². The van der Waals surface area contributed by atoms with Crippen molar-refractivity contribution in [2.24, 2.45) is 5.14 Å². The lowest BCUT2D eigenvalue weighted by Gasteiger charge is -2.35. The summed E-state index contributed by atoms with van der Waals surface area (Å²) in [6.45, 7) is 6.24. The predicted molar refractivity (Wildman–Crippen MR) is 106 cm³/mol. The van der Waals surface area contributed by atoms with Crippen LogP contribution in [-0.2, 0) is 10.0 Å². The van der Waals surface area contributed by atoms with Crippen LogP contribution in [0.15, 0.2) is 53.4 Å².